The molecule has 2 rings (SSSR count). The molecule has 142 valence electrons. The number of amidine groups is 1. The lowest BCUT2D eigenvalue weighted by Crippen LogP contribution is -2.34. The van der Waals surface area contributed by atoms with E-state index < -0.39 is 10.0 Å². The van der Waals surface area contributed by atoms with Crippen LogP contribution in [0.5, 0.6) is 0 Å². The topological polar surface area (TPSA) is 114 Å². The van der Waals surface area contributed by atoms with Gasteiger partial charge in [0.05, 0.1) is 17.2 Å². The predicted molar refractivity (Wildman–Crippen MR) is 100 cm³/mol. The molecule has 1 aromatic rings. The Balaban J connectivity index is 2.45. The van der Waals surface area contributed by atoms with Gasteiger partial charge in [-0.2, -0.15) is 0 Å². The quantitative estimate of drug-likeness (QED) is 0.697. The first kappa shape index (κ1) is 20.1. The van der Waals surface area contributed by atoms with Gasteiger partial charge in [-0.1, -0.05) is 13.0 Å². The van der Waals surface area contributed by atoms with Crippen LogP contribution in [0.25, 0.3) is 6.08 Å². The van der Waals surface area contributed by atoms with E-state index >= 15 is 0 Å². The number of nitrogens with one attached hydrogen (secondary N) is 1. The Kier molecular flexibility index (Phi) is 6.52. The number of nitrogens with two attached hydrogens (primary N) is 1. The highest BCUT2D eigenvalue weighted by atomic mass is 32.2. The molecular weight excluding hydrogens is 356 g/mol. The Morgan fingerprint density at radius 3 is 2.73 bits per heavy atom. The molecule has 26 heavy (non-hydrogen) atoms. The summed E-state index contributed by atoms with van der Waals surface area (Å²) in [6.45, 7) is 4.61. The van der Waals surface area contributed by atoms with E-state index in [0.29, 0.717) is 30.0 Å². The van der Waals surface area contributed by atoms with Crippen molar-refractivity contribution in [2.45, 2.75) is 31.6 Å². The average Bonchev–Trinajstić information content (AvgIpc) is 2.78. The third kappa shape index (κ3) is 4.48. The number of hydroxylamine groups is 2. The zero-order valence-electron chi connectivity index (χ0n) is 15.2. The highest BCUT2D eigenvalue weighted by Crippen LogP contribution is 2.29. The van der Waals surface area contributed by atoms with Gasteiger partial charge in [-0.3, -0.25) is 9.63 Å². The Hall–Kier alpha value is -2.23. The van der Waals surface area contributed by atoms with Gasteiger partial charge in [0.2, 0.25) is 10.0 Å². The van der Waals surface area contributed by atoms with Crippen LogP contribution in [0, 0.1) is 0 Å². The van der Waals surface area contributed by atoms with Crippen LogP contribution in [0.15, 0.2) is 33.7 Å². The number of carbonyl (C=O) groups is 1. The number of rotatable bonds is 7. The molecule has 0 unspecified atom stereocenters. The lowest BCUT2D eigenvalue weighted by Gasteiger charge is -2.21. The zero-order valence-corrected chi connectivity index (χ0v) is 16.0. The van der Waals surface area contributed by atoms with E-state index in [1.165, 1.54) is 24.2 Å². The second kappa shape index (κ2) is 8.43. The van der Waals surface area contributed by atoms with E-state index in [0.717, 1.165) is 6.42 Å². The lowest BCUT2D eigenvalue weighted by atomic mass is 10.1. The predicted octanol–water partition coefficient (Wildman–Crippen LogP) is 1.56. The zero-order chi connectivity index (χ0) is 19.3. The maximum Gasteiger partial charge on any atom is 0.273 e. The Morgan fingerprint density at radius 2 is 2.12 bits per heavy atom. The number of aliphatic imine (C=N–C) groups is 1. The van der Waals surface area contributed by atoms with E-state index in [-0.39, 0.29) is 23.1 Å². The maximum absolute atomic E-state index is 12.8. The van der Waals surface area contributed by atoms with Crippen LogP contribution in [-0.2, 0) is 19.7 Å². The van der Waals surface area contributed by atoms with Crippen molar-refractivity contribution >= 4 is 33.5 Å². The fourth-order valence-electron chi connectivity index (χ4n) is 2.54. The van der Waals surface area contributed by atoms with Crippen molar-refractivity contribution in [1.82, 2.24) is 9.79 Å². The van der Waals surface area contributed by atoms with Crippen molar-refractivity contribution in [2.24, 2.45) is 10.7 Å². The molecule has 1 aromatic carbocycles. The maximum atomic E-state index is 12.8. The number of sulfonamides is 1. The monoisotopic (exact) mass is 380 g/mol. The van der Waals surface area contributed by atoms with Gasteiger partial charge in [0.1, 0.15) is 5.84 Å². The van der Waals surface area contributed by atoms with Gasteiger partial charge >= 0.3 is 0 Å². The van der Waals surface area contributed by atoms with Gasteiger partial charge in [0, 0.05) is 24.1 Å². The summed E-state index contributed by atoms with van der Waals surface area (Å²) in [5.74, 6) is -0.0399. The highest BCUT2D eigenvalue weighted by Gasteiger charge is 2.22. The van der Waals surface area contributed by atoms with E-state index in [1.807, 2.05) is 13.8 Å². The third-order valence-electron chi connectivity index (χ3n) is 3.76. The number of nitrogens with zero attached hydrogens (tertiary/aromatic N) is 2. The third-order valence-corrected chi connectivity index (χ3v) is 5.17. The van der Waals surface area contributed by atoms with Gasteiger partial charge in [0.15, 0.2) is 0 Å². The molecule has 1 heterocycles. The van der Waals surface area contributed by atoms with Crippen LogP contribution >= 0.6 is 0 Å². The standard InChI is InChI=1S/C17H24N4O4S/c1-4-8-21(25-5-2)17(22)13-9-12-6-7-14(26(23,24)19-3)11-15(12)20-16(18)10-13/h6-7,9,11,19H,4-5,8,10H2,1-3H3,(H2,18,20). The summed E-state index contributed by atoms with van der Waals surface area (Å²) in [6, 6.07) is 4.51. The molecule has 1 aliphatic rings. The number of hydrogen-bond acceptors (Lipinski definition) is 6. The summed E-state index contributed by atoms with van der Waals surface area (Å²) in [7, 11) is -2.26. The van der Waals surface area contributed by atoms with Gasteiger partial charge in [-0.15, -0.1) is 0 Å². The number of amides is 1. The molecule has 1 aliphatic heterocycles. The largest absolute Gasteiger partial charge is 0.387 e. The first-order valence-electron chi connectivity index (χ1n) is 8.38. The fraction of sp³-hybridized carbons (Fsp3) is 0.412. The SMILES string of the molecule is CCCN(OCC)C(=O)C1=Cc2ccc(S(=O)(=O)NC)cc2N=C(N)C1. The molecule has 0 bridgehead atoms. The summed E-state index contributed by atoms with van der Waals surface area (Å²) in [5.41, 5.74) is 7.42. The van der Waals surface area contributed by atoms with Crippen LogP contribution in [0.4, 0.5) is 5.69 Å². The van der Waals surface area contributed by atoms with E-state index in [1.54, 1.807) is 12.1 Å². The van der Waals surface area contributed by atoms with Gasteiger partial charge in [0.25, 0.3) is 5.91 Å². The molecule has 8 nitrogen and oxygen atoms in total. The first-order valence-corrected chi connectivity index (χ1v) is 9.86. The highest BCUT2D eigenvalue weighted by molar-refractivity contribution is 7.89. The Bertz CT molecular complexity index is 840. The van der Waals surface area contributed by atoms with Crippen LogP contribution in [-0.4, -0.2) is 45.4 Å². The molecule has 3 N–H and O–H groups in total. The minimum atomic E-state index is -3.59. The number of fused-ring (bicyclic) bond motifs is 1. The Labute approximate surface area is 153 Å². The smallest absolute Gasteiger partial charge is 0.273 e. The van der Waals surface area contributed by atoms with Crippen molar-refractivity contribution in [2.75, 3.05) is 20.2 Å². The van der Waals surface area contributed by atoms with Crippen LogP contribution < -0.4 is 10.5 Å². The van der Waals surface area contributed by atoms with E-state index in [9.17, 15) is 13.2 Å². The molecule has 0 atom stereocenters. The molecule has 0 aromatic heterocycles. The summed E-state index contributed by atoms with van der Waals surface area (Å²) in [5, 5.41) is 1.32. The summed E-state index contributed by atoms with van der Waals surface area (Å²) < 4.78 is 26.2. The summed E-state index contributed by atoms with van der Waals surface area (Å²) in [6.07, 6.45) is 2.60. The minimum Gasteiger partial charge on any atom is -0.387 e. The Morgan fingerprint density at radius 1 is 1.38 bits per heavy atom. The fourth-order valence-corrected chi connectivity index (χ4v) is 3.29. The summed E-state index contributed by atoms with van der Waals surface area (Å²) >= 11 is 0. The molecule has 0 radical (unpaired) electrons. The minimum absolute atomic E-state index is 0.0837. The summed E-state index contributed by atoms with van der Waals surface area (Å²) in [4.78, 5) is 22.5. The number of benzene rings is 1. The van der Waals surface area contributed by atoms with Gasteiger partial charge in [-0.05, 0) is 38.6 Å². The van der Waals surface area contributed by atoms with Crippen LogP contribution in [0.1, 0.15) is 32.3 Å². The molecule has 0 saturated carbocycles. The van der Waals surface area contributed by atoms with E-state index in [2.05, 4.69) is 9.71 Å². The molecule has 0 saturated heterocycles. The average molecular weight is 380 g/mol. The normalized spacial score (nSPS) is 14.1. The lowest BCUT2D eigenvalue weighted by molar-refractivity contribution is -0.180. The first-order chi connectivity index (χ1) is 12.3. The van der Waals surface area contributed by atoms with Crippen molar-refractivity contribution in [3.05, 3.63) is 29.3 Å². The van der Waals surface area contributed by atoms with Crippen molar-refractivity contribution < 1.29 is 18.0 Å². The molecule has 9 heteroatoms. The van der Waals surface area contributed by atoms with Gasteiger partial charge in [-0.25, -0.2) is 23.2 Å². The molecule has 0 aliphatic carbocycles. The van der Waals surface area contributed by atoms with Crippen LogP contribution in [0.2, 0.25) is 0 Å². The second-order valence-electron chi connectivity index (χ2n) is 5.70. The molecular formula is C17H24N4O4S. The van der Waals surface area contributed by atoms with Crippen LogP contribution in [0.3, 0.4) is 0 Å². The van der Waals surface area contributed by atoms with Crippen molar-refractivity contribution in [3.63, 3.8) is 0 Å². The molecule has 0 spiro atoms. The number of carbonyl (C=O) groups excluding carboxylic acids is 1. The van der Waals surface area contributed by atoms with E-state index in [4.69, 9.17) is 10.6 Å². The molecule has 1 amide bonds. The number of hydrogen-bond donors (Lipinski definition) is 2. The second-order valence-corrected chi connectivity index (χ2v) is 7.59. The molecule has 0 fully saturated rings. The van der Waals surface area contributed by atoms with Crippen molar-refractivity contribution in [1.29, 1.82) is 0 Å². The van der Waals surface area contributed by atoms with Gasteiger partial charge < -0.3 is 5.73 Å². The van der Waals surface area contributed by atoms with Crippen molar-refractivity contribution in [3.8, 4) is 0 Å².